The number of hydrogen-bond donors (Lipinski definition) is 1. The largest absolute Gasteiger partial charge is 0.398 e. The molecule has 0 rings (SSSR count). The van der Waals surface area contributed by atoms with Crippen LogP contribution in [0, 0.1) is 0 Å². The van der Waals surface area contributed by atoms with Gasteiger partial charge in [0.25, 0.3) is 0 Å². The minimum Gasteiger partial charge on any atom is -0.398 e. The highest BCUT2D eigenvalue weighted by molar-refractivity contribution is 7.52. The van der Waals surface area contributed by atoms with E-state index in [4.69, 9.17) is 8.85 Å². The van der Waals surface area contributed by atoms with E-state index >= 15 is 0 Å². The summed E-state index contributed by atoms with van der Waals surface area (Å²) in [6.45, 7) is 3.90. The number of hydrogen-bond acceptors (Lipinski definition) is 4. The monoisotopic (exact) mass is 256 g/mol. The van der Waals surface area contributed by atoms with Crippen molar-refractivity contribution < 1.29 is 22.8 Å². The third-order valence-corrected chi connectivity index (χ3v) is 7.93. The highest BCUT2D eigenvalue weighted by atomic mass is 31.2. The van der Waals surface area contributed by atoms with Gasteiger partial charge in [-0.1, -0.05) is 6.92 Å². The fourth-order valence-electron chi connectivity index (χ4n) is 1.20. The van der Waals surface area contributed by atoms with E-state index in [0.29, 0.717) is 6.42 Å². The molecule has 0 amide bonds. The molecule has 0 saturated heterocycles. The van der Waals surface area contributed by atoms with E-state index < -0.39 is 16.2 Å². The van der Waals surface area contributed by atoms with Crippen LogP contribution in [-0.4, -0.2) is 40.9 Å². The molecular weight excluding hydrogens is 235 g/mol. The van der Waals surface area contributed by atoms with Gasteiger partial charge in [-0.15, -0.1) is 0 Å². The van der Waals surface area contributed by atoms with Crippen molar-refractivity contribution in [3.05, 3.63) is 0 Å². The minimum absolute atomic E-state index is 0.139. The topological polar surface area (TPSA) is 65.0 Å². The summed E-state index contributed by atoms with van der Waals surface area (Å²) in [6, 6.07) is 0. The van der Waals surface area contributed by atoms with Crippen molar-refractivity contribution in [3.63, 3.8) is 0 Å². The Hall–Kier alpha value is 0.287. The first kappa shape index (κ1) is 15.3. The van der Waals surface area contributed by atoms with Gasteiger partial charge < -0.3 is 18.3 Å². The maximum atomic E-state index is 11.3. The summed E-state index contributed by atoms with van der Waals surface area (Å²) >= 11 is 0. The van der Waals surface area contributed by atoms with Gasteiger partial charge in [-0.05, 0) is 13.0 Å². The van der Waals surface area contributed by atoms with Gasteiger partial charge in [0, 0.05) is 26.9 Å². The Kier molecular flexibility index (Phi) is 6.25. The molecule has 0 aliphatic rings. The van der Waals surface area contributed by atoms with E-state index in [0.717, 1.165) is 0 Å². The molecule has 15 heavy (non-hydrogen) atoms. The van der Waals surface area contributed by atoms with Crippen molar-refractivity contribution in [2.45, 2.75) is 25.4 Å². The van der Waals surface area contributed by atoms with Crippen LogP contribution in [0.4, 0.5) is 0 Å². The van der Waals surface area contributed by atoms with E-state index in [1.54, 1.807) is 14.2 Å². The SMILES string of the molecule is CO[Si](C)(OC)C(C)CCP(=O)(O)OC. The first-order valence-electron chi connectivity index (χ1n) is 4.79. The molecule has 0 aromatic carbocycles. The van der Waals surface area contributed by atoms with Crippen molar-refractivity contribution in [1.82, 2.24) is 0 Å². The average molecular weight is 256 g/mol. The summed E-state index contributed by atoms with van der Waals surface area (Å²) in [5.41, 5.74) is 0.142. The molecule has 0 fully saturated rings. The van der Waals surface area contributed by atoms with Crippen LogP contribution >= 0.6 is 7.60 Å². The summed E-state index contributed by atoms with van der Waals surface area (Å²) in [6.07, 6.45) is 0.700. The summed E-state index contributed by atoms with van der Waals surface area (Å²) in [4.78, 5) is 9.25. The first-order valence-corrected chi connectivity index (χ1v) is 8.95. The lowest BCUT2D eigenvalue weighted by molar-refractivity contribution is 0.236. The molecule has 92 valence electrons. The first-order chi connectivity index (χ1) is 6.81. The van der Waals surface area contributed by atoms with Crippen molar-refractivity contribution in [1.29, 1.82) is 0 Å². The van der Waals surface area contributed by atoms with E-state index in [1.807, 2.05) is 13.5 Å². The van der Waals surface area contributed by atoms with Gasteiger partial charge in [-0.2, -0.15) is 0 Å². The molecule has 0 aliphatic heterocycles. The predicted molar refractivity (Wildman–Crippen MR) is 61.4 cm³/mol. The molecule has 0 bridgehead atoms. The zero-order valence-corrected chi connectivity index (χ0v) is 11.9. The quantitative estimate of drug-likeness (QED) is 0.557. The van der Waals surface area contributed by atoms with Crippen LogP contribution < -0.4 is 0 Å². The Labute approximate surface area is 92.5 Å². The van der Waals surface area contributed by atoms with Gasteiger partial charge >= 0.3 is 16.2 Å². The molecule has 0 spiro atoms. The fourth-order valence-corrected chi connectivity index (χ4v) is 3.98. The average Bonchev–Trinajstić information content (AvgIpc) is 2.24. The third kappa shape index (κ3) is 4.76. The minimum atomic E-state index is -3.41. The van der Waals surface area contributed by atoms with Crippen LogP contribution in [0.25, 0.3) is 0 Å². The molecule has 1 N–H and O–H groups in total. The lowest BCUT2D eigenvalue weighted by Gasteiger charge is -2.29. The van der Waals surface area contributed by atoms with Gasteiger partial charge in [0.1, 0.15) is 0 Å². The summed E-state index contributed by atoms with van der Waals surface area (Å²) < 4.78 is 26.5. The van der Waals surface area contributed by atoms with Crippen molar-refractivity contribution in [3.8, 4) is 0 Å². The Morgan fingerprint density at radius 3 is 2.13 bits per heavy atom. The lowest BCUT2D eigenvalue weighted by atomic mass is 10.4. The van der Waals surface area contributed by atoms with Crippen LogP contribution in [-0.2, 0) is 17.9 Å². The van der Waals surface area contributed by atoms with Gasteiger partial charge in [-0.3, -0.25) is 4.57 Å². The molecule has 0 saturated carbocycles. The molecule has 0 aliphatic carbocycles. The Morgan fingerprint density at radius 2 is 1.80 bits per heavy atom. The number of rotatable bonds is 7. The molecule has 5 nitrogen and oxygen atoms in total. The Morgan fingerprint density at radius 1 is 1.33 bits per heavy atom. The molecular formula is C8H21O5PSi. The highest BCUT2D eigenvalue weighted by Gasteiger charge is 2.37. The standard InChI is InChI=1S/C8H21O5PSi/c1-8(15(5,12-3)13-4)6-7-14(9,10)11-2/h8H,6-7H2,1-5H3,(H,9,10). The molecule has 7 heteroatoms. The van der Waals surface area contributed by atoms with Crippen LogP contribution in [0.1, 0.15) is 13.3 Å². The summed E-state index contributed by atoms with van der Waals surface area (Å²) in [7, 11) is -1.14. The van der Waals surface area contributed by atoms with E-state index in [2.05, 4.69) is 4.52 Å². The van der Waals surface area contributed by atoms with E-state index in [-0.39, 0.29) is 11.7 Å². The summed E-state index contributed by atoms with van der Waals surface area (Å²) in [5, 5.41) is 0. The molecule has 2 unspecified atom stereocenters. The predicted octanol–water partition coefficient (Wildman–Crippen LogP) is 1.96. The Balaban J connectivity index is 4.25. The second-order valence-corrected chi connectivity index (χ2v) is 9.58. The van der Waals surface area contributed by atoms with Gasteiger partial charge in [0.15, 0.2) is 0 Å². The lowest BCUT2D eigenvalue weighted by Crippen LogP contribution is -2.40. The van der Waals surface area contributed by atoms with E-state index in [1.165, 1.54) is 7.11 Å². The molecule has 0 aromatic rings. The van der Waals surface area contributed by atoms with Gasteiger partial charge in [0.05, 0.1) is 6.16 Å². The van der Waals surface area contributed by atoms with E-state index in [9.17, 15) is 9.46 Å². The second-order valence-electron chi connectivity index (χ2n) is 3.66. The van der Waals surface area contributed by atoms with Crippen LogP contribution in [0.2, 0.25) is 12.1 Å². The van der Waals surface area contributed by atoms with Crippen LogP contribution in [0.3, 0.4) is 0 Å². The van der Waals surface area contributed by atoms with Crippen molar-refractivity contribution >= 4 is 16.2 Å². The van der Waals surface area contributed by atoms with Crippen LogP contribution in [0.5, 0.6) is 0 Å². The smallest absolute Gasteiger partial charge is 0.337 e. The van der Waals surface area contributed by atoms with Gasteiger partial charge in [-0.25, -0.2) is 0 Å². The zero-order chi connectivity index (χ0) is 12.1. The molecule has 0 radical (unpaired) electrons. The van der Waals surface area contributed by atoms with Crippen LogP contribution in [0.15, 0.2) is 0 Å². The Bertz CT molecular complexity index is 231. The van der Waals surface area contributed by atoms with Gasteiger partial charge in [0.2, 0.25) is 0 Å². The second kappa shape index (κ2) is 6.13. The third-order valence-electron chi connectivity index (χ3n) is 2.84. The maximum absolute atomic E-state index is 11.3. The summed E-state index contributed by atoms with van der Waals surface area (Å²) in [5.74, 6) is 0. The molecule has 2 atom stereocenters. The van der Waals surface area contributed by atoms with Crippen molar-refractivity contribution in [2.75, 3.05) is 27.5 Å². The fraction of sp³-hybridized carbons (Fsp3) is 1.00. The molecule has 0 heterocycles. The maximum Gasteiger partial charge on any atom is 0.337 e. The normalized spacial score (nSPS) is 18.5. The van der Waals surface area contributed by atoms with Crippen molar-refractivity contribution in [2.24, 2.45) is 0 Å². The molecule has 0 aromatic heterocycles. The zero-order valence-electron chi connectivity index (χ0n) is 10.0. The highest BCUT2D eigenvalue weighted by Crippen LogP contribution is 2.43.